The maximum absolute atomic E-state index is 4.59. The second kappa shape index (κ2) is 12.9. The quantitative estimate of drug-likeness (QED) is 0.107. The van der Waals surface area contributed by atoms with Gasteiger partial charge >= 0.3 is 0 Å². The lowest BCUT2D eigenvalue weighted by Gasteiger charge is -2.29. The Balaban J connectivity index is 0.00000370. The van der Waals surface area contributed by atoms with E-state index in [-0.39, 0.29) is 17.0 Å². The van der Waals surface area contributed by atoms with Crippen molar-refractivity contribution in [1.82, 2.24) is 0 Å². The molecule has 204 valence electrons. The third kappa shape index (κ3) is 6.97. The van der Waals surface area contributed by atoms with E-state index < -0.39 is 0 Å². The zero-order chi connectivity index (χ0) is 27.2. The Hall–Kier alpha value is -3.94. The van der Waals surface area contributed by atoms with Crippen LogP contribution in [0.5, 0.6) is 0 Å². The first-order valence-corrected chi connectivity index (χ1v) is 13.4. The van der Waals surface area contributed by atoms with Crippen LogP contribution in [-0.4, -0.2) is 57.2 Å². The van der Waals surface area contributed by atoms with Gasteiger partial charge < -0.3 is 26.4 Å². The van der Waals surface area contributed by atoms with Crippen molar-refractivity contribution >= 4 is 29.0 Å². The second-order valence-electron chi connectivity index (χ2n) is 10.7. The first-order valence-electron chi connectivity index (χ1n) is 13.4. The fraction of sp³-hybridized carbons (Fsp3) is 0.212. The van der Waals surface area contributed by atoms with E-state index in [0.717, 1.165) is 57.9 Å². The number of hydrogen-bond donors (Lipinski definition) is 0. The molecule has 6 nitrogen and oxygen atoms in total. The number of nitrogens with zero attached hydrogens (tertiary/aromatic N) is 6. The van der Waals surface area contributed by atoms with Crippen molar-refractivity contribution in [1.29, 1.82) is 0 Å². The van der Waals surface area contributed by atoms with Gasteiger partial charge in [0.1, 0.15) is 5.71 Å². The fourth-order valence-electron chi connectivity index (χ4n) is 4.62. The van der Waals surface area contributed by atoms with E-state index in [1.165, 1.54) is 16.8 Å². The summed E-state index contributed by atoms with van der Waals surface area (Å²) in [5, 5.41) is 17.8. The van der Waals surface area contributed by atoms with E-state index in [1.807, 2.05) is 48.5 Å². The molecule has 0 spiro atoms. The summed E-state index contributed by atoms with van der Waals surface area (Å²) in [5.74, 6) is 0. The van der Waals surface area contributed by atoms with Crippen LogP contribution < -0.4 is 21.9 Å². The molecule has 40 heavy (non-hydrogen) atoms. The molecule has 1 aliphatic carbocycles. The van der Waals surface area contributed by atoms with Crippen molar-refractivity contribution in [3.63, 3.8) is 0 Å². The maximum atomic E-state index is 4.59. The molecule has 5 rings (SSSR count). The second-order valence-corrected chi connectivity index (χ2v) is 10.7. The molecular formula is C33H35BrN6. The summed E-state index contributed by atoms with van der Waals surface area (Å²) in [4.78, 5) is 2.39. The Bertz CT molecular complexity index is 1470. The first kappa shape index (κ1) is 29.1. The van der Waals surface area contributed by atoms with Crippen LogP contribution in [0.2, 0.25) is 0 Å². The first-order chi connectivity index (χ1) is 18.9. The van der Waals surface area contributed by atoms with Gasteiger partial charge in [0.15, 0.2) is 0 Å². The molecule has 0 radical (unpaired) electrons. The number of rotatable bonds is 9. The average Bonchev–Trinajstić information content (AvgIpc) is 3.27. The SMILES string of the molecule is CCN(CC[N+](C)(C)C)c1ccc(/N=N/c2ccc(/C=N/N=C3c4ccccc4-c4ccccc43)cc2)cc1.[Br-]. The summed E-state index contributed by atoms with van der Waals surface area (Å²) in [6, 6.07) is 32.8. The van der Waals surface area contributed by atoms with E-state index in [9.17, 15) is 0 Å². The highest BCUT2D eigenvalue weighted by Gasteiger charge is 2.23. The monoisotopic (exact) mass is 594 g/mol. The van der Waals surface area contributed by atoms with Crippen LogP contribution in [0.1, 0.15) is 23.6 Å². The van der Waals surface area contributed by atoms with Gasteiger partial charge in [-0.25, -0.2) is 0 Å². The average molecular weight is 596 g/mol. The number of benzene rings is 4. The molecule has 4 aromatic rings. The molecule has 0 N–H and O–H groups in total. The van der Waals surface area contributed by atoms with Crippen molar-refractivity contribution in [2.45, 2.75) is 6.92 Å². The zero-order valence-corrected chi connectivity index (χ0v) is 25.1. The number of likely N-dealkylation sites (N-methyl/N-ethyl adjacent to an activating group) is 2. The number of azo groups is 1. The van der Waals surface area contributed by atoms with E-state index in [2.05, 4.69) is 102 Å². The molecule has 0 fully saturated rings. The van der Waals surface area contributed by atoms with Gasteiger partial charge in [0.2, 0.25) is 0 Å². The number of fused-ring (bicyclic) bond motifs is 3. The Morgan fingerprint density at radius 2 is 1.18 bits per heavy atom. The summed E-state index contributed by atoms with van der Waals surface area (Å²) in [5.41, 5.74) is 9.33. The minimum atomic E-state index is 0. The summed E-state index contributed by atoms with van der Waals surface area (Å²) in [7, 11) is 6.67. The van der Waals surface area contributed by atoms with Crippen molar-refractivity contribution in [3.05, 3.63) is 114 Å². The zero-order valence-electron chi connectivity index (χ0n) is 23.5. The minimum absolute atomic E-state index is 0. The molecule has 0 amide bonds. The van der Waals surface area contributed by atoms with Crippen molar-refractivity contribution in [2.24, 2.45) is 20.4 Å². The minimum Gasteiger partial charge on any atom is -1.00 e. The fourth-order valence-corrected chi connectivity index (χ4v) is 4.62. The lowest BCUT2D eigenvalue weighted by molar-refractivity contribution is -0.868. The van der Waals surface area contributed by atoms with E-state index >= 15 is 0 Å². The predicted molar refractivity (Wildman–Crippen MR) is 163 cm³/mol. The summed E-state index contributed by atoms with van der Waals surface area (Å²) >= 11 is 0. The van der Waals surface area contributed by atoms with E-state index in [0.29, 0.717) is 0 Å². The highest BCUT2D eigenvalue weighted by atomic mass is 79.9. The molecule has 7 heteroatoms. The molecule has 1 aliphatic rings. The smallest absolute Gasteiger partial charge is 0.101 e. The number of hydrogen-bond acceptors (Lipinski definition) is 5. The van der Waals surface area contributed by atoms with Crippen LogP contribution in [-0.2, 0) is 0 Å². The van der Waals surface area contributed by atoms with Crippen LogP contribution in [0.4, 0.5) is 17.1 Å². The van der Waals surface area contributed by atoms with Gasteiger partial charge in [-0.3, -0.25) is 0 Å². The van der Waals surface area contributed by atoms with E-state index in [4.69, 9.17) is 0 Å². The summed E-state index contributed by atoms with van der Waals surface area (Å²) < 4.78 is 0.949. The lowest BCUT2D eigenvalue weighted by Crippen LogP contribution is -3.00. The maximum Gasteiger partial charge on any atom is 0.101 e. The van der Waals surface area contributed by atoms with Gasteiger partial charge in [-0.05, 0) is 60.0 Å². The van der Waals surface area contributed by atoms with Gasteiger partial charge in [0.25, 0.3) is 0 Å². The highest BCUT2D eigenvalue weighted by molar-refractivity contribution is 6.24. The van der Waals surface area contributed by atoms with Crippen LogP contribution in [0.3, 0.4) is 0 Å². The van der Waals surface area contributed by atoms with Gasteiger partial charge in [-0.15, -0.1) is 5.10 Å². The number of quaternary nitrogens is 1. The molecule has 4 aromatic carbocycles. The molecule has 0 bridgehead atoms. The Labute approximate surface area is 247 Å². The van der Waals surface area contributed by atoms with E-state index in [1.54, 1.807) is 6.21 Å². The largest absolute Gasteiger partial charge is 1.00 e. The van der Waals surface area contributed by atoms with Crippen LogP contribution >= 0.6 is 0 Å². The van der Waals surface area contributed by atoms with Crippen LogP contribution in [0.15, 0.2) is 117 Å². The molecule has 0 aromatic heterocycles. The molecule has 0 atom stereocenters. The molecule has 0 saturated carbocycles. The van der Waals surface area contributed by atoms with Crippen molar-refractivity contribution in [3.8, 4) is 11.1 Å². The highest BCUT2D eigenvalue weighted by Crippen LogP contribution is 2.36. The molecule has 0 aliphatic heterocycles. The van der Waals surface area contributed by atoms with Crippen molar-refractivity contribution < 1.29 is 21.5 Å². The Morgan fingerprint density at radius 3 is 1.68 bits per heavy atom. The van der Waals surface area contributed by atoms with Gasteiger partial charge in [-0.2, -0.15) is 15.3 Å². The molecule has 0 unspecified atom stereocenters. The standard InChI is InChI=1S/C33H35N6.BrH/c1-5-38(22-23-39(2,3)4)28-20-18-27(19-21-28)36-35-26-16-14-25(15-17-26)24-34-37-33-31-12-8-6-10-29(31)30-11-7-9-13-32(30)33;/h6-21,24H,5,22-23H2,1-4H3;1H/q+1;/p-1/b34-24+,36-35+;. The molecular weight excluding hydrogens is 560 g/mol. The normalized spacial score (nSPS) is 12.3. The molecule has 0 heterocycles. The van der Waals surface area contributed by atoms with Gasteiger partial charge in [0.05, 0.1) is 51.8 Å². The predicted octanol–water partition coefficient (Wildman–Crippen LogP) is 4.49. The van der Waals surface area contributed by atoms with Crippen LogP contribution in [0.25, 0.3) is 11.1 Å². The third-order valence-corrected chi connectivity index (χ3v) is 6.83. The topological polar surface area (TPSA) is 52.7 Å². The number of halogens is 1. The molecule has 0 saturated heterocycles. The Kier molecular flexibility index (Phi) is 9.40. The van der Waals surface area contributed by atoms with Gasteiger partial charge in [-0.1, -0.05) is 60.7 Å². The van der Waals surface area contributed by atoms with Crippen LogP contribution in [0, 0.1) is 0 Å². The lowest BCUT2D eigenvalue weighted by atomic mass is 10.1. The Morgan fingerprint density at radius 1 is 0.675 bits per heavy atom. The summed E-state index contributed by atoms with van der Waals surface area (Å²) in [6.07, 6.45) is 1.77. The van der Waals surface area contributed by atoms with Crippen molar-refractivity contribution in [2.75, 3.05) is 45.7 Å². The summed E-state index contributed by atoms with van der Waals surface area (Å²) in [6.45, 7) is 5.27. The van der Waals surface area contributed by atoms with Gasteiger partial charge in [0, 0.05) is 23.4 Å². The third-order valence-electron chi connectivity index (χ3n) is 6.83. The number of anilines is 1.